The molecule has 0 bridgehead atoms. The molecule has 4 nitrogen and oxygen atoms in total. The molecule has 27 heavy (non-hydrogen) atoms. The van der Waals surface area contributed by atoms with Crippen molar-refractivity contribution in [1.82, 2.24) is 0 Å². The molecule has 0 aromatic heterocycles. The zero-order chi connectivity index (χ0) is 19.4. The van der Waals surface area contributed by atoms with Crippen molar-refractivity contribution in [3.8, 4) is 0 Å². The number of ether oxygens (including phenoxy) is 1. The summed E-state index contributed by atoms with van der Waals surface area (Å²) >= 11 is 0. The van der Waals surface area contributed by atoms with Crippen molar-refractivity contribution in [2.45, 2.75) is 85.2 Å². The molecule has 0 aliphatic heterocycles. The SMILES string of the molecule is CC(=O)O[C@H]1CC[C@@]2(C)[C@@H](CC[C@@H]3[C@H]4CC=C(/C(C)=N/O)[C@@]4(C)CC[C@@H]32)C1. The van der Waals surface area contributed by atoms with E-state index >= 15 is 0 Å². The summed E-state index contributed by atoms with van der Waals surface area (Å²) in [6, 6.07) is 0. The maximum absolute atomic E-state index is 11.4. The van der Waals surface area contributed by atoms with Crippen LogP contribution in [0.25, 0.3) is 0 Å². The minimum absolute atomic E-state index is 0.129. The molecule has 0 radical (unpaired) electrons. The fraction of sp³-hybridized carbons (Fsp3) is 0.826. The number of fused-ring (bicyclic) bond motifs is 5. The molecule has 0 aromatic rings. The van der Waals surface area contributed by atoms with Gasteiger partial charge in [0.2, 0.25) is 0 Å². The topological polar surface area (TPSA) is 58.9 Å². The van der Waals surface area contributed by atoms with Crippen LogP contribution in [-0.2, 0) is 9.53 Å². The molecule has 4 aliphatic carbocycles. The molecule has 0 unspecified atom stereocenters. The monoisotopic (exact) mass is 373 g/mol. The predicted molar refractivity (Wildman–Crippen MR) is 106 cm³/mol. The predicted octanol–water partition coefficient (Wildman–Crippen LogP) is 5.35. The molecule has 4 rings (SSSR count). The van der Waals surface area contributed by atoms with Gasteiger partial charge in [0.1, 0.15) is 6.10 Å². The highest BCUT2D eigenvalue weighted by molar-refractivity contribution is 5.99. The van der Waals surface area contributed by atoms with E-state index in [-0.39, 0.29) is 17.5 Å². The third-order valence-electron chi connectivity index (χ3n) is 9.07. The van der Waals surface area contributed by atoms with Gasteiger partial charge >= 0.3 is 5.97 Å². The molecule has 0 heterocycles. The molecule has 3 saturated carbocycles. The van der Waals surface area contributed by atoms with Crippen molar-refractivity contribution in [1.29, 1.82) is 0 Å². The van der Waals surface area contributed by atoms with Gasteiger partial charge < -0.3 is 9.94 Å². The van der Waals surface area contributed by atoms with Crippen molar-refractivity contribution < 1.29 is 14.7 Å². The molecular weight excluding hydrogens is 338 g/mol. The van der Waals surface area contributed by atoms with E-state index in [9.17, 15) is 10.0 Å². The summed E-state index contributed by atoms with van der Waals surface area (Å²) in [5.74, 6) is 2.81. The molecule has 0 spiro atoms. The normalized spacial score (nSPS) is 46.7. The van der Waals surface area contributed by atoms with Gasteiger partial charge in [0, 0.05) is 6.92 Å². The first-order valence-corrected chi connectivity index (χ1v) is 10.9. The summed E-state index contributed by atoms with van der Waals surface area (Å²) in [4.78, 5) is 11.4. The number of allylic oxidation sites excluding steroid dienone is 2. The Morgan fingerprint density at radius 2 is 1.93 bits per heavy atom. The molecule has 1 N–H and O–H groups in total. The Balaban J connectivity index is 1.54. The van der Waals surface area contributed by atoms with Gasteiger partial charge in [0.25, 0.3) is 0 Å². The zero-order valence-electron chi connectivity index (χ0n) is 17.3. The Morgan fingerprint density at radius 1 is 1.15 bits per heavy atom. The summed E-state index contributed by atoms with van der Waals surface area (Å²) in [6.07, 6.45) is 11.9. The van der Waals surface area contributed by atoms with E-state index in [1.54, 1.807) is 0 Å². The first-order chi connectivity index (χ1) is 12.8. The van der Waals surface area contributed by atoms with E-state index in [4.69, 9.17) is 4.74 Å². The summed E-state index contributed by atoms with van der Waals surface area (Å²) in [5, 5.41) is 12.9. The van der Waals surface area contributed by atoms with Gasteiger partial charge in [-0.25, -0.2) is 0 Å². The lowest BCUT2D eigenvalue weighted by molar-refractivity contribution is -0.158. The van der Waals surface area contributed by atoms with E-state index in [2.05, 4.69) is 25.1 Å². The number of carbonyl (C=O) groups excluding carboxylic acids is 1. The summed E-state index contributed by atoms with van der Waals surface area (Å²) in [6.45, 7) is 8.42. The van der Waals surface area contributed by atoms with Crippen LogP contribution in [0, 0.1) is 34.5 Å². The first kappa shape index (κ1) is 19.0. The van der Waals surface area contributed by atoms with Gasteiger partial charge in [-0.3, -0.25) is 4.79 Å². The largest absolute Gasteiger partial charge is 0.463 e. The average molecular weight is 374 g/mol. The average Bonchev–Trinajstić information content (AvgIpc) is 2.98. The van der Waals surface area contributed by atoms with E-state index in [1.807, 2.05) is 6.92 Å². The number of nitrogens with zero attached hydrogens (tertiary/aromatic N) is 1. The lowest BCUT2D eigenvalue weighted by Crippen LogP contribution is -2.54. The molecule has 150 valence electrons. The Bertz CT molecular complexity index is 683. The third-order valence-corrected chi connectivity index (χ3v) is 9.07. The standard InChI is InChI=1S/C23H35NO3/c1-14(24-26)19-7-8-20-18-6-5-16-13-17(27-15(2)25)9-11-22(16,3)21(18)10-12-23(19,20)4/h7,16-18,20-21,26H,5-6,8-13H2,1-4H3/b24-14+/t16-,17-,18+,20+,21-,22-,23+/m0/s1. The van der Waals surface area contributed by atoms with Gasteiger partial charge in [-0.05, 0) is 98.4 Å². The number of oxime groups is 1. The maximum Gasteiger partial charge on any atom is 0.302 e. The zero-order valence-corrected chi connectivity index (χ0v) is 17.3. The maximum atomic E-state index is 11.4. The second-order valence-electron chi connectivity index (χ2n) is 10.2. The van der Waals surface area contributed by atoms with Gasteiger partial charge in [0.05, 0.1) is 5.71 Å². The number of esters is 1. The number of rotatable bonds is 2. The summed E-state index contributed by atoms with van der Waals surface area (Å²) in [7, 11) is 0. The van der Waals surface area contributed by atoms with Crippen LogP contribution in [0.1, 0.15) is 79.1 Å². The van der Waals surface area contributed by atoms with Crippen LogP contribution in [0.2, 0.25) is 0 Å². The van der Waals surface area contributed by atoms with Crippen LogP contribution in [-0.4, -0.2) is 23.0 Å². The highest BCUT2D eigenvalue weighted by atomic mass is 16.5. The Labute approximate surface area is 163 Å². The summed E-state index contributed by atoms with van der Waals surface area (Å²) < 4.78 is 5.58. The van der Waals surface area contributed by atoms with Crippen molar-refractivity contribution in [2.75, 3.05) is 0 Å². The highest BCUT2D eigenvalue weighted by Gasteiger charge is 2.59. The third kappa shape index (κ3) is 2.86. The van der Waals surface area contributed by atoms with Crippen molar-refractivity contribution in [3.05, 3.63) is 11.6 Å². The molecule has 0 amide bonds. The quantitative estimate of drug-likeness (QED) is 0.307. The second kappa shape index (κ2) is 6.63. The molecule has 3 fully saturated rings. The first-order valence-electron chi connectivity index (χ1n) is 10.9. The Kier molecular flexibility index (Phi) is 4.67. The van der Waals surface area contributed by atoms with E-state index < -0.39 is 0 Å². The Hall–Kier alpha value is -1.32. The van der Waals surface area contributed by atoms with Crippen molar-refractivity contribution in [2.24, 2.45) is 39.7 Å². The lowest BCUT2D eigenvalue weighted by atomic mass is 9.44. The minimum Gasteiger partial charge on any atom is -0.463 e. The van der Waals surface area contributed by atoms with Crippen molar-refractivity contribution >= 4 is 11.7 Å². The van der Waals surface area contributed by atoms with E-state index in [0.29, 0.717) is 17.3 Å². The van der Waals surface area contributed by atoms with Crippen molar-refractivity contribution in [3.63, 3.8) is 0 Å². The van der Waals surface area contributed by atoms with Crippen LogP contribution in [0.4, 0.5) is 0 Å². The van der Waals surface area contributed by atoms with Gasteiger partial charge in [-0.2, -0.15) is 0 Å². The van der Waals surface area contributed by atoms with Crippen LogP contribution < -0.4 is 0 Å². The number of carbonyl (C=O) groups is 1. The molecule has 4 aliphatic rings. The second-order valence-corrected chi connectivity index (χ2v) is 10.2. The number of hydrogen-bond donors (Lipinski definition) is 1. The van der Waals surface area contributed by atoms with Crippen LogP contribution in [0.15, 0.2) is 16.8 Å². The van der Waals surface area contributed by atoms with Gasteiger partial charge in [0.15, 0.2) is 0 Å². The molecule has 0 saturated heterocycles. The lowest BCUT2D eigenvalue weighted by Gasteiger charge is -2.60. The molecular formula is C23H35NO3. The summed E-state index contributed by atoms with van der Waals surface area (Å²) in [5.41, 5.74) is 2.67. The highest BCUT2D eigenvalue weighted by Crippen LogP contribution is 2.66. The van der Waals surface area contributed by atoms with Crippen LogP contribution >= 0.6 is 0 Å². The number of hydrogen-bond acceptors (Lipinski definition) is 4. The Morgan fingerprint density at radius 3 is 2.63 bits per heavy atom. The van der Waals surface area contributed by atoms with Gasteiger partial charge in [-0.15, -0.1) is 0 Å². The van der Waals surface area contributed by atoms with Gasteiger partial charge in [-0.1, -0.05) is 25.1 Å². The van der Waals surface area contributed by atoms with E-state index in [1.165, 1.54) is 44.6 Å². The minimum atomic E-state index is -0.129. The molecule has 0 aromatic carbocycles. The fourth-order valence-electron chi connectivity index (χ4n) is 7.74. The smallest absolute Gasteiger partial charge is 0.302 e. The molecule has 7 atom stereocenters. The van der Waals surface area contributed by atoms with E-state index in [0.717, 1.165) is 36.8 Å². The van der Waals surface area contributed by atoms with Crippen LogP contribution in [0.3, 0.4) is 0 Å². The molecule has 4 heteroatoms. The fourth-order valence-corrected chi connectivity index (χ4v) is 7.74. The van der Waals surface area contributed by atoms with Crippen LogP contribution in [0.5, 0.6) is 0 Å².